The average molecular weight is 335 g/mol. The van der Waals surface area contributed by atoms with E-state index in [1.807, 2.05) is 12.1 Å². The number of nitriles is 1. The first kappa shape index (κ1) is 16.4. The minimum atomic E-state index is -3.02. The van der Waals surface area contributed by atoms with Crippen LogP contribution in [0.4, 0.5) is 0 Å². The number of nitrogens with zero attached hydrogens (tertiary/aromatic N) is 3. The van der Waals surface area contributed by atoms with Gasteiger partial charge in [0, 0.05) is 38.3 Å². The third-order valence-electron chi connectivity index (χ3n) is 4.76. The summed E-state index contributed by atoms with van der Waals surface area (Å²) in [5.74, 6) is 0.372. The number of β-amino-alcohol motifs (C(OH)–C–C–N with tert-alkyl or cyclic N) is 1. The molecule has 0 spiro atoms. The summed E-state index contributed by atoms with van der Waals surface area (Å²) < 4.78 is 24.2. The number of sulfone groups is 1. The van der Waals surface area contributed by atoms with E-state index in [-0.39, 0.29) is 30.2 Å². The molecule has 1 aromatic rings. The molecule has 2 saturated heterocycles. The molecule has 124 valence electrons. The van der Waals surface area contributed by atoms with Crippen molar-refractivity contribution in [2.75, 3.05) is 37.7 Å². The van der Waals surface area contributed by atoms with Gasteiger partial charge in [0.1, 0.15) is 0 Å². The molecule has 7 heteroatoms. The summed E-state index contributed by atoms with van der Waals surface area (Å²) in [4.78, 5) is 4.33. The fraction of sp³-hybridized carbons (Fsp3) is 0.562. The van der Waals surface area contributed by atoms with Crippen LogP contribution in [0.25, 0.3) is 0 Å². The zero-order valence-corrected chi connectivity index (χ0v) is 13.7. The van der Waals surface area contributed by atoms with Gasteiger partial charge in [0.25, 0.3) is 0 Å². The van der Waals surface area contributed by atoms with Crippen LogP contribution in [0.2, 0.25) is 0 Å². The smallest absolute Gasteiger partial charge is 0.153 e. The second kappa shape index (κ2) is 6.57. The van der Waals surface area contributed by atoms with Crippen LogP contribution >= 0.6 is 0 Å². The number of aliphatic hydroxyl groups excluding tert-OH is 1. The molecule has 23 heavy (non-hydrogen) atoms. The monoisotopic (exact) mass is 335 g/mol. The Morgan fingerprint density at radius 2 is 1.74 bits per heavy atom. The summed E-state index contributed by atoms with van der Waals surface area (Å²) in [6.07, 6.45) is 0. The Hall–Kier alpha value is -1.46. The predicted octanol–water partition coefficient (Wildman–Crippen LogP) is -0.166. The van der Waals surface area contributed by atoms with E-state index in [1.165, 1.54) is 0 Å². The zero-order chi connectivity index (χ0) is 16.4. The third kappa shape index (κ3) is 3.56. The zero-order valence-electron chi connectivity index (χ0n) is 12.9. The van der Waals surface area contributed by atoms with Gasteiger partial charge in [-0.05, 0) is 17.7 Å². The quantitative estimate of drug-likeness (QED) is 0.823. The molecule has 2 atom stereocenters. The maximum absolute atomic E-state index is 12.1. The summed E-state index contributed by atoms with van der Waals surface area (Å²) in [6.45, 7) is 2.83. The number of rotatable bonds is 4. The Morgan fingerprint density at radius 3 is 2.35 bits per heavy atom. The van der Waals surface area contributed by atoms with Gasteiger partial charge in [-0.1, -0.05) is 12.1 Å². The van der Waals surface area contributed by atoms with E-state index in [9.17, 15) is 13.5 Å². The highest BCUT2D eigenvalue weighted by Gasteiger charge is 2.46. The van der Waals surface area contributed by atoms with Crippen molar-refractivity contribution in [1.82, 2.24) is 9.80 Å². The molecule has 2 aliphatic rings. The normalized spacial score (nSPS) is 27.5. The van der Waals surface area contributed by atoms with Crippen LogP contribution in [0.1, 0.15) is 11.1 Å². The highest BCUT2D eigenvalue weighted by atomic mass is 32.2. The van der Waals surface area contributed by atoms with Gasteiger partial charge in [-0.3, -0.25) is 9.80 Å². The van der Waals surface area contributed by atoms with Gasteiger partial charge in [-0.15, -0.1) is 0 Å². The maximum Gasteiger partial charge on any atom is 0.153 e. The lowest BCUT2D eigenvalue weighted by atomic mass is 10.0. The Labute approximate surface area is 136 Å². The summed E-state index contributed by atoms with van der Waals surface area (Å²) in [6, 6.07) is 9.50. The van der Waals surface area contributed by atoms with Crippen LogP contribution in [-0.4, -0.2) is 73.2 Å². The average Bonchev–Trinajstić information content (AvgIpc) is 2.86. The Balaban J connectivity index is 1.76. The van der Waals surface area contributed by atoms with Gasteiger partial charge in [0.2, 0.25) is 0 Å². The Morgan fingerprint density at radius 1 is 1.13 bits per heavy atom. The number of benzene rings is 1. The lowest BCUT2D eigenvalue weighted by Gasteiger charge is -2.43. The molecule has 6 nitrogen and oxygen atoms in total. The van der Waals surface area contributed by atoms with E-state index in [4.69, 9.17) is 5.26 Å². The SMILES string of the molecule is N#Cc1ccc(CN2CCN(CCO)[C@@H]3CS(=O)(=O)C[C@@H]32)cc1. The first-order chi connectivity index (χ1) is 11.0. The highest BCUT2D eigenvalue weighted by molar-refractivity contribution is 7.91. The van der Waals surface area contributed by atoms with E-state index in [0.29, 0.717) is 18.7 Å². The van der Waals surface area contributed by atoms with Gasteiger partial charge in [0.05, 0.1) is 29.7 Å². The van der Waals surface area contributed by atoms with Gasteiger partial charge >= 0.3 is 0 Å². The van der Waals surface area contributed by atoms with Crippen molar-refractivity contribution in [3.05, 3.63) is 35.4 Å². The van der Waals surface area contributed by atoms with Crippen molar-refractivity contribution in [2.24, 2.45) is 0 Å². The number of fused-ring (bicyclic) bond motifs is 1. The molecular weight excluding hydrogens is 314 g/mol. The third-order valence-corrected chi connectivity index (χ3v) is 6.46. The molecule has 2 aliphatic heterocycles. The van der Waals surface area contributed by atoms with Crippen molar-refractivity contribution in [2.45, 2.75) is 18.6 Å². The molecule has 0 amide bonds. The van der Waals surface area contributed by atoms with Crippen molar-refractivity contribution < 1.29 is 13.5 Å². The second-order valence-electron chi connectivity index (χ2n) is 6.25. The first-order valence-corrected chi connectivity index (χ1v) is 9.63. The summed E-state index contributed by atoms with van der Waals surface area (Å²) in [7, 11) is -3.02. The molecule has 3 rings (SSSR count). The van der Waals surface area contributed by atoms with Gasteiger partial charge in [0.15, 0.2) is 9.84 Å². The number of piperazine rings is 1. The minimum Gasteiger partial charge on any atom is -0.395 e. The largest absolute Gasteiger partial charge is 0.395 e. The van der Waals surface area contributed by atoms with E-state index < -0.39 is 9.84 Å². The minimum absolute atomic E-state index is 0.0176. The highest BCUT2D eigenvalue weighted by Crippen LogP contribution is 2.28. The van der Waals surface area contributed by atoms with Crippen molar-refractivity contribution in [3.8, 4) is 6.07 Å². The van der Waals surface area contributed by atoms with Crippen LogP contribution in [0.5, 0.6) is 0 Å². The van der Waals surface area contributed by atoms with Gasteiger partial charge < -0.3 is 5.11 Å². The van der Waals surface area contributed by atoms with Crippen molar-refractivity contribution in [3.63, 3.8) is 0 Å². The molecule has 0 unspecified atom stereocenters. The fourth-order valence-corrected chi connectivity index (χ4v) is 5.66. The number of hydrogen-bond acceptors (Lipinski definition) is 6. The molecule has 2 heterocycles. The Bertz CT molecular complexity index is 696. The molecule has 2 fully saturated rings. The van der Waals surface area contributed by atoms with Gasteiger partial charge in [-0.2, -0.15) is 5.26 Å². The maximum atomic E-state index is 12.1. The molecule has 1 aromatic carbocycles. The van der Waals surface area contributed by atoms with Crippen molar-refractivity contribution >= 4 is 9.84 Å². The van der Waals surface area contributed by atoms with Gasteiger partial charge in [-0.25, -0.2) is 8.42 Å². The first-order valence-electron chi connectivity index (χ1n) is 7.81. The molecule has 0 saturated carbocycles. The lowest BCUT2D eigenvalue weighted by molar-refractivity contribution is 0.0308. The van der Waals surface area contributed by atoms with Crippen LogP contribution < -0.4 is 0 Å². The number of hydrogen-bond donors (Lipinski definition) is 1. The van der Waals surface area contributed by atoms with Crippen LogP contribution in [0.15, 0.2) is 24.3 Å². The van der Waals surface area contributed by atoms with Crippen LogP contribution in [-0.2, 0) is 16.4 Å². The van der Waals surface area contributed by atoms with Crippen molar-refractivity contribution in [1.29, 1.82) is 5.26 Å². The fourth-order valence-electron chi connectivity index (χ4n) is 3.62. The summed E-state index contributed by atoms with van der Waals surface area (Å²) >= 11 is 0. The summed E-state index contributed by atoms with van der Waals surface area (Å²) in [5, 5.41) is 18.0. The topological polar surface area (TPSA) is 84.6 Å². The van der Waals surface area contributed by atoms with E-state index in [2.05, 4.69) is 15.9 Å². The summed E-state index contributed by atoms with van der Waals surface area (Å²) in [5.41, 5.74) is 1.71. The van der Waals surface area contributed by atoms with E-state index in [1.54, 1.807) is 12.1 Å². The predicted molar refractivity (Wildman–Crippen MR) is 86.5 cm³/mol. The molecule has 0 aromatic heterocycles. The molecule has 0 aliphatic carbocycles. The standard InChI is InChI=1S/C16H21N3O3S/c17-9-13-1-3-14(4-2-13)10-19-6-5-18(7-8-20)15-11-23(21,22)12-16(15)19/h1-4,15-16,20H,5-8,10-12H2/t15-,16+/m1/s1. The number of aliphatic hydroxyl groups is 1. The lowest BCUT2D eigenvalue weighted by Crippen LogP contribution is -2.59. The van der Waals surface area contributed by atoms with Crippen LogP contribution in [0, 0.1) is 11.3 Å². The molecule has 0 radical (unpaired) electrons. The Kier molecular flexibility index (Phi) is 4.69. The molecular formula is C16H21N3O3S. The molecule has 1 N–H and O–H groups in total. The van der Waals surface area contributed by atoms with E-state index >= 15 is 0 Å². The molecule has 0 bridgehead atoms. The van der Waals surface area contributed by atoms with E-state index in [0.717, 1.165) is 18.7 Å². The second-order valence-corrected chi connectivity index (χ2v) is 8.40. The van der Waals surface area contributed by atoms with Crippen LogP contribution in [0.3, 0.4) is 0 Å².